The van der Waals surface area contributed by atoms with Gasteiger partial charge in [0, 0.05) is 37.1 Å². The Morgan fingerprint density at radius 1 is 1.03 bits per heavy atom. The van der Waals surface area contributed by atoms with E-state index in [0.29, 0.717) is 24.0 Å². The van der Waals surface area contributed by atoms with Crippen LogP contribution >= 0.6 is 0 Å². The number of amides is 3. The number of hydrogen-bond donors (Lipinski definition) is 6. The Morgan fingerprint density at radius 3 is 2.39 bits per heavy atom. The van der Waals surface area contributed by atoms with Crippen molar-refractivity contribution >= 4 is 35.3 Å². The smallest absolute Gasteiger partial charge is 0.325 e. The molecule has 59 heavy (non-hydrogen) atoms. The first kappa shape index (κ1) is 48.4. The Balaban J connectivity index is 2.08. The first-order valence-electron chi connectivity index (χ1n) is 20.4. The fourth-order valence-electron chi connectivity index (χ4n) is 6.69. The van der Waals surface area contributed by atoms with Gasteiger partial charge in [-0.25, -0.2) is 5.43 Å². The summed E-state index contributed by atoms with van der Waals surface area (Å²) >= 11 is 0. The average Bonchev–Trinajstić information content (AvgIpc) is 3.17. The number of Topliss-reactive ketones (excluding diaryl/α,β-unsaturated/α-hetero) is 1. The van der Waals surface area contributed by atoms with Crippen molar-refractivity contribution in [2.75, 3.05) is 6.54 Å². The average molecular weight is 821 g/mol. The Kier molecular flexibility index (Phi) is 18.4. The van der Waals surface area contributed by atoms with E-state index in [-0.39, 0.29) is 49.5 Å². The van der Waals surface area contributed by atoms with Crippen LogP contribution in [0.15, 0.2) is 72.4 Å². The number of aliphatic hydroxyl groups is 2. The molecule has 2 aliphatic rings. The highest BCUT2D eigenvalue weighted by molar-refractivity contribution is 5.94. The molecule has 1 aromatic carbocycles. The number of allylic oxidation sites excluding steroid dienone is 5. The van der Waals surface area contributed by atoms with E-state index < -0.39 is 83.3 Å². The summed E-state index contributed by atoms with van der Waals surface area (Å²) in [6.07, 6.45) is 8.68. The maximum atomic E-state index is 14.3. The van der Waals surface area contributed by atoms with Gasteiger partial charge >= 0.3 is 5.97 Å². The summed E-state index contributed by atoms with van der Waals surface area (Å²) in [6.45, 7) is 13.8. The molecule has 0 radical (unpaired) electrons. The fourth-order valence-corrected chi connectivity index (χ4v) is 6.69. The molecule has 0 saturated carbocycles. The molecule has 8 atom stereocenters. The van der Waals surface area contributed by atoms with Crippen molar-refractivity contribution in [2.45, 2.75) is 130 Å². The maximum absolute atomic E-state index is 14.3. The number of aromatic hydroxyl groups is 1. The summed E-state index contributed by atoms with van der Waals surface area (Å²) in [4.78, 5) is 80.6. The molecule has 1 fully saturated rings. The minimum absolute atomic E-state index is 0.0261. The molecule has 8 unspecified atom stereocenters. The number of phenols is 1. The molecule has 14 heteroatoms. The van der Waals surface area contributed by atoms with Crippen molar-refractivity contribution in [3.8, 4) is 5.75 Å². The first-order valence-corrected chi connectivity index (χ1v) is 20.4. The number of fused-ring (bicyclic) bond motifs is 2. The largest absolute Gasteiger partial charge is 0.508 e. The number of nitrogens with one attached hydrogen (secondary N) is 3. The highest BCUT2D eigenvalue weighted by Gasteiger charge is 2.38. The van der Waals surface area contributed by atoms with Gasteiger partial charge in [-0.3, -0.25) is 29.0 Å². The number of phenolic OH excluding ortho intramolecular Hbond substituents is 1. The monoisotopic (exact) mass is 820 g/mol. The van der Waals surface area contributed by atoms with E-state index in [1.807, 2.05) is 20.8 Å². The zero-order chi connectivity index (χ0) is 44.0. The van der Waals surface area contributed by atoms with E-state index in [4.69, 9.17) is 4.74 Å². The molecule has 0 aliphatic carbocycles. The van der Waals surface area contributed by atoms with Crippen LogP contribution < -0.4 is 16.1 Å². The Hall–Kier alpha value is -4.92. The second kappa shape index (κ2) is 22.5. The lowest BCUT2D eigenvalue weighted by molar-refractivity contribution is -0.156. The molecule has 14 nitrogen and oxygen atoms in total. The molecule has 6 N–H and O–H groups in total. The fraction of sp³-hybridized carbons (Fsp3) is 0.556. The molecule has 1 aromatic rings. The van der Waals surface area contributed by atoms with Crippen molar-refractivity contribution in [3.63, 3.8) is 0 Å². The van der Waals surface area contributed by atoms with E-state index in [0.717, 1.165) is 0 Å². The molecule has 3 amide bonds. The third-order valence-electron chi connectivity index (χ3n) is 10.6. The number of ether oxygens (including phenoxy) is 1. The zero-order valence-electron chi connectivity index (χ0n) is 35.6. The van der Waals surface area contributed by atoms with E-state index in [2.05, 4.69) is 16.1 Å². The van der Waals surface area contributed by atoms with Gasteiger partial charge in [-0.15, -0.1) is 0 Å². The summed E-state index contributed by atoms with van der Waals surface area (Å²) in [5.74, 6) is -5.42. The van der Waals surface area contributed by atoms with Crippen molar-refractivity contribution in [2.24, 2.45) is 23.2 Å². The maximum Gasteiger partial charge on any atom is 0.325 e. The van der Waals surface area contributed by atoms with Gasteiger partial charge in [-0.1, -0.05) is 90.1 Å². The predicted octanol–water partition coefficient (Wildman–Crippen LogP) is 3.94. The normalized spacial score (nSPS) is 27.4. The SMILES string of the molecule is CC(=O)CCC1C(=O)NC(C(C)C)C(=O)NC(Cc2cccc(O)c2)C(=O)N2CCCC(N2)C(=O)OC(C(C)=CC=CC(=O)C(C)(C)C)CC=CC=CC(O)C(C)C1O. The van der Waals surface area contributed by atoms with Crippen LogP contribution in [0, 0.1) is 23.2 Å². The Morgan fingerprint density at radius 2 is 1.75 bits per heavy atom. The second-order valence-corrected chi connectivity index (χ2v) is 17.0. The van der Waals surface area contributed by atoms with Crippen LogP contribution in [0.25, 0.3) is 0 Å². The molecule has 2 bridgehead atoms. The number of hydrazine groups is 1. The molecule has 2 heterocycles. The molecule has 3 rings (SSSR count). The molecule has 324 valence electrons. The summed E-state index contributed by atoms with van der Waals surface area (Å²) in [7, 11) is 0. The minimum Gasteiger partial charge on any atom is -0.508 e. The topological polar surface area (TPSA) is 212 Å². The number of aliphatic hydroxyl groups excluding tert-OH is 2. The van der Waals surface area contributed by atoms with Gasteiger partial charge in [0.1, 0.15) is 35.8 Å². The van der Waals surface area contributed by atoms with Crippen molar-refractivity contribution in [1.29, 1.82) is 0 Å². The molecule has 0 aromatic heterocycles. The highest BCUT2D eigenvalue weighted by Crippen LogP contribution is 2.24. The number of carbonyl (C=O) groups excluding carboxylic acids is 6. The van der Waals surface area contributed by atoms with E-state index in [1.54, 1.807) is 70.2 Å². The minimum atomic E-state index is -1.42. The summed E-state index contributed by atoms with van der Waals surface area (Å²) in [6, 6.07) is 2.93. The van der Waals surface area contributed by atoms with Crippen molar-refractivity contribution in [3.05, 3.63) is 77.9 Å². The van der Waals surface area contributed by atoms with Crippen molar-refractivity contribution in [1.82, 2.24) is 21.1 Å². The standard InChI is InChI=1S/C45H64N4O10/c1-27(2)39-42(56)46-35(26-31-16-13-17-32(51)25-31)43(57)49-24-14-18-34(48-49)44(58)59-37(28(3)15-12-21-38(53)45(6,7)8)20-11-9-10-19-36(52)30(5)40(54)33(41(55)47-39)23-22-29(4)50/h9-13,15-17,19,21,25,27,30,33-37,39-40,48,51-52,54H,14,18,20,22-24,26H2,1-8H3,(H,46,56)(H,47,55). The number of benzene rings is 1. The lowest BCUT2D eigenvalue weighted by Gasteiger charge is -2.36. The van der Waals surface area contributed by atoms with Gasteiger partial charge in [0.2, 0.25) is 11.8 Å². The number of cyclic esters (lactones) is 1. The summed E-state index contributed by atoms with van der Waals surface area (Å²) in [5, 5.41) is 39.5. The quantitative estimate of drug-likeness (QED) is 0.119. The highest BCUT2D eigenvalue weighted by atomic mass is 16.5. The van der Waals surface area contributed by atoms with E-state index >= 15 is 0 Å². The van der Waals surface area contributed by atoms with Crippen LogP contribution in [0.5, 0.6) is 5.75 Å². The van der Waals surface area contributed by atoms with E-state index in [9.17, 15) is 44.1 Å². The summed E-state index contributed by atoms with van der Waals surface area (Å²) in [5.41, 5.74) is 3.60. The van der Waals surface area contributed by atoms with Crippen LogP contribution in [0.3, 0.4) is 0 Å². The van der Waals surface area contributed by atoms with E-state index in [1.165, 1.54) is 36.2 Å². The van der Waals surface area contributed by atoms with Gasteiger partial charge in [0.15, 0.2) is 5.78 Å². The lowest BCUT2D eigenvalue weighted by atomic mass is 9.84. The van der Waals surface area contributed by atoms with Gasteiger partial charge < -0.3 is 35.5 Å². The molecule has 1 saturated heterocycles. The molecular formula is C45H64N4O10. The lowest BCUT2D eigenvalue weighted by Crippen LogP contribution is -2.62. The number of rotatable bonds is 9. The third kappa shape index (κ3) is 15.0. The third-order valence-corrected chi connectivity index (χ3v) is 10.6. The van der Waals surface area contributed by atoms with Crippen LogP contribution in [0.1, 0.15) is 93.1 Å². The summed E-state index contributed by atoms with van der Waals surface area (Å²) < 4.78 is 6.03. The van der Waals surface area contributed by atoms with Crippen LogP contribution in [0.2, 0.25) is 0 Å². The Bertz CT molecular complexity index is 1780. The van der Waals surface area contributed by atoms with Gasteiger partial charge in [-0.05, 0) is 68.4 Å². The van der Waals surface area contributed by atoms with Crippen LogP contribution in [0.4, 0.5) is 0 Å². The predicted molar refractivity (Wildman–Crippen MR) is 223 cm³/mol. The van der Waals surface area contributed by atoms with Crippen molar-refractivity contribution < 1.29 is 48.8 Å². The second-order valence-electron chi connectivity index (χ2n) is 17.0. The molecular weight excluding hydrogens is 757 g/mol. The number of esters is 1. The number of carbonyl (C=O) groups is 6. The van der Waals surface area contributed by atoms with Crippen LogP contribution in [-0.4, -0.2) is 98.6 Å². The zero-order valence-corrected chi connectivity index (χ0v) is 35.6. The van der Waals surface area contributed by atoms with Gasteiger partial charge in [0.25, 0.3) is 5.91 Å². The number of nitrogens with zero attached hydrogens (tertiary/aromatic N) is 1. The van der Waals surface area contributed by atoms with Gasteiger partial charge in [0.05, 0.1) is 18.1 Å². The Labute approximate surface area is 348 Å². The number of ketones is 2. The molecule has 2 aliphatic heterocycles. The molecule has 0 spiro atoms. The first-order chi connectivity index (χ1) is 27.7. The number of hydrogen-bond acceptors (Lipinski definition) is 11. The van der Waals surface area contributed by atoms with Crippen LogP contribution in [-0.2, 0) is 39.9 Å². The van der Waals surface area contributed by atoms with Gasteiger partial charge in [-0.2, -0.15) is 0 Å².